The number of carbonyl (C=O) groups is 2. The molecule has 1 unspecified atom stereocenters. The summed E-state index contributed by atoms with van der Waals surface area (Å²) in [7, 11) is 0. The number of benzene rings is 1. The fourth-order valence-electron chi connectivity index (χ4n) is 3.68. The number of nitrogens with one attached hydrogen (secondary N) is 2. The van der Waals surface area contributed by atoms with Gasteiger partial charge in [-0.1, -0.05) is 25.1 Å². The van der Waals surface area contributed by atoms with Crippen LogP contribution in [0.4, 0.5) is 4.39 Å². The van der Waals surface area contributed by atoms with Crippen LogP contribution in [0.2, 0.25) is 0 Å². The van der Waals surface area contributed by atoms with Gasteiger partial charge in [-0.25, -0.2) is 4.39 Å². The van der Waals surface area contributed by atoms with Crippen molar-refractivity contribution in [3.8, 4) is 5.75 Å². The molecular weight excluding hydrogens is 383 g/mol. The van der Waals surface area contributed by atoms with Crippen LogP contribution in [0.15, 0.2) is 30.4 Å². The van der Waals surface area contributed by atoms with E-state index in [4.69, 9.17) is 4.74 Å². The number of ether oxygens (including phenoxy) is 1. The van der Waals surface area contributed by atoms with Gasteiger partial charge in [-0.2, -0.15) is 0 Å². The maximum atomic E-state index is 14.0. The zero-order valence-corrected chi connectivity index (χ0v) is 17.8. The molecule has 1 saturated carbocycles. The predicted molar refractivity (Wildman–Crippen MR) is 115 cm³/mol. The van der Waals surface area contributed by atoms with Crippen molar-refractivity contribution in [3.05, 3.63) is 41.7 Å². The number of carbonyl (C=O) groups excluding carboxylic acids is 2. The van der Waals surface area contributed by atoms with Crippen LogP contribution in [-0.2, 0) is 9.59 Å². The number of halogens is 1. The summed E-state index contributed by atoms with van der Waals surface area (Å²) in [6.07, 6.45) is 11.4. The van der Waals surface area contributed by atoms with Gasteiger partial charge in [0.1, 0.15) is 0 Å². The molecule has 164 valence electrons. The molecule has 3 rings (SSSR count). The highest BCUT2D eigenvalue weighted by atomic mass is 19.1. The van der Waals surface area contributed by atoms with Crippen LogP contribution in [-0.4, -0.2) is 25.0 Å². The highest BCUT2D eigenvalue weighted by Gasteiger charge is 2.29. The van der Waals surface area contributed by atoms with Crippen molar-refractivity contribution in [2.75, 3.05) is 13.2 Å². The molecule has 0 radical (unpaired) electrons. The first-order valence-electron chi connectivity index (χ1n) is 11.2. The lowest BCUT2D eigenvalue weighted by Crippen LogP contribution is -2.22. The Morgan fingerprint density at radius 1 is 1.27 bits per heavy atom. The number of hydrogen-bond donors (Lipinski definition) is 2. The van der Waals surface area contributed by atoms with Gasteiger partial charge in [0, 0.05) is 12.5 Å². The first-order chi connectivity index (χ1) is 14.6. The summed E-state index contributed by atoms with van der Waals surface area (Å²) in [4.78, 5) is 22.7. The number of amides is 2. The molecule has 2 N–H and O–H groups in total. The lowest BCUT2D eigenvalue weighted by atomic mass is 10.0. The van der Waals surface area contributed by atoms with Crippen LogP contribution >= 0.6 is 0 Å². The van der Waals surface area contributed by atoms with Gasteiger partial charge in [-0.15, -0.1) is 0 Å². The Kier molecular flexibility index (Phi) is 8.43. The minimum atomic E-state index is -0.291. The van der Waals surface area contributed by atoms with Gasteiger partial charge >= 0.3 is 0 Å². The minimum absolute atomic E-state index is 0.152. The Morgan fingerprint density at radius 2 is 2.10 bits per heavy atom. The predicted octanol–water partition coefficient (Wildman–Crippen LogP) is 4.43. The van der Waals surface area contributed by atoms with Crippen LogP contribution in [0.1, 0.15) is 69.9 Å². The van der Waals surface area contributed by atoms with Gasteiger partial charge in [0.25, 0.3) is 0 Å². The topological polar surface area (TPSA) is 67.4 Å². The van der Waals surface area contributed by atoms with Crippen LogP contribution in [0.5, 0.6) is 5.75 Å². The molecule has 30 heavy (non-hydrogen) atoms. The van der Waals surface area contributed by atoms with E-state index < -0.39 is 0 Å². The van der Waals surface area contributed by atoms with Crippen molar-refractivity contribution in [2.45, 2.75) is 64.3 Å². The van der Waals surface area contributed by atoms with E-state index in [1.807, 2.05) is 18.2 Å². The summed E-state index contributed by atoms with van der Waals surface area (Å²) in [5.41, 5.74) is 1.06. The van der Waals surface area contributed by atoms with Gasteiger partial charge in [0.05, 0.1) is 12.5 Å². The zero-order chi connectivity index (χ0) is 21.3. The van der Waals surface area contributed by atoms with Crippen LogP contribution in [0.3, 0.4) is 0 Å². The average Bonchev–Trinajstić information content (AvgIpc) is 3.50. The highest BCUT2D eigenvalue weighted by Crippen LogP contribution is 2.31. The number of hydrogen-bond acceptors (Lipinski definition) is 4. The second kappa shape index (κ2) is 11.3. The lowest BCUT2D eigenvalue weighted by molar-refractivity contribution is -0.125. The van der Waals surface area contributed by atoms with Crippen LogP contribution in [0.25, 0.3) is 0 Å². The van der Waals surface area contributed by atoms with Gasteiger partial charge in [-0.05, 0) is 75.1 Å². The molecular formula is C24H33FN2O3. The van der Waals surface area contributed by atoms with Gasteiger partial charge in [0.15, 0.2) is 11.6 Å². The largest absolute Gasteiger partial charge is 0.490 e. The number of rotatable bonds is 13. The highest BCUT2D eigenvalue weighted by molar-refractivity contribution is 6.03. The lowest BCUT2D eigenvalue weighted by Gasteiger charge is -2.19. The number of allylic oxidation sites excluding steroid dienone is 2. The van der Waals surface area contributed by atoms with Gasteiger partial charge in [0.2, 0.25) is 11.8 Å². The summed E-state index contributed by atoms with van der Waals surface area (Å²) >= 11 is 0. The maximum absolute atomic E-state index is 14.0. The Morgan fingerprint density at radius 3 is 2.80 bits per heavy atom. The summed E-state index contributed by atoms with van der Waals surface area (Å²) in [5.74, 6) is 0.150. The van der Waals surface area contributed by atoms with Crippen molar-refractivity contribution in [3.63, 3.8) is 0 Å². The summed E-state index contributed by atoms with van der Waals surface area (Å²) in [6.45, 7) is 3.62. The molecule has 1 heterocycles. The van der Waals surface area contributed by atoms with Crippen molar-refractivity contribution in [1.82, 2.24) is 10.6 Å². The maximum Gasteiger partial charge on any atom is 0.230 e. The molecule has 1 aromatic carbocycles. The van der Waals surface area contributed by atoms with E-state index in [0.29, 0.717) is 31.1 Å². The molecule has 0 bridgehead atoms. The SMILES string of the molecule is CC[C@@H](NCCCC/C=C/CC1CC(=O)NC1=O)c1ccc(F)c(OCC2CC2)c1. The normalized spacial score (nSPS) is 20.0. The molecule has 2 amide bonds. The molecule has 2 aliphatic rings. The standard InChI is InChI=1S/C24H33FN2O3/c1-2-21(18-11-12-20(25)22(14-18)30-16-17-9-10-17)26-13-7-5-3-4-6-8-19-15-23(28)27-24(19)29/h4,6,11-12,14,17,19,21,26H,2-3,5,7-10,13,15-16H2,1H3,(H,27,28,29)/b6-4+/t19?,21-/m1/s1. The molecule has 0 spiro atoms. The monoisotopic (exact) mass is 416 g/mol. The molecule has 2 fully saturated rings. The summed E-state index contributed by atoms with van der Waals surface area (Å²) < 4.78 is 19.7. The quantitative estimate of drug-likeness (QED) is 0.284. The molecule has 1 aromatic rings. The second-order valence-corrected chi connectivity index (χ2v) is 8.38. The summed E-state index contributed by atoms with van der Waals surface area (Å²) in [6, 6.07) is 5.37. The first kappa shape index (κ1) is 22.5. The molecule has 0 aromatic heterocycles. The van der Waals surface area contributed by atoms with Crippen molar-refractivity contribution in [1.29, 1.82) is 0 Å². The van der Waals surface area contributed by atoms with Crippen LogP contribution in [0, 0.1) is 17.7 Å². The third-order valence-electron chi connectivity index (χ3n) is 5.78. The van der Waals surface area contributed by atoms with Crippen molar-refractivity contribution < 1.29 is 18.7 Å². The molecule has 1 aliphatic carbocycles. The Bertz CT molecular complexity index is 761. The Labute approximate surface area is 178 Å². The smallest absolute Gasteiger partial charge is 0.230 e. The molecule has 6 heteroatoms. The number of unbranched alkanes of at least 4 members (excludes halogenated alkanes) is 2. The third kappa shape index (κ3) is 6.94. The van der Waals surface area contributed by atoms with E-state index in [1.54, 1.807) is 0 Å². The second-order valence-electron chi connectivity index (χ2n) is 8.38. The van der Waals surface area contributed by atoms with Crippen molar-refractivity contribution >= 4 is 11.8 Å². The van der Waals surface area contributed by atoms with Gasteiger partial charge < -0.3 is 10.1 Å². The van der Waals surface area contributed by atoms with Crippen LogP contribution < -0.4 is 15.4 Å². The van der Waals surface area contributed by atoms with Gasteiger partial charge in [-0.3, -0.25) is 14.9 Å². The summed E-state index contributed by atoms with van der Waals surface area (Å²) in [5, 5.41) is 5.90. The van der Waals surface area contributed by atoms with E-state index in [-0.39, 0.29) is 29.6 Å². The fraction of sp³-hybridized carbons (Fsp3) is 0.583. The van der Waals surface area contributed by atoms with E-state index >= 15 is 0 Å². The minimum Gasteiger partial charge on any atom is -0.490 e. The first-order valence-corrected chi connectivity index (χ1v) is 11.2. The van der Waals surface area contributed by atoms with E-state index in [2.05, 4.69) is 23.6 Å². The Balaban J connectivity index is 1.34. The average molecular weight is 417 g/mol. The third-order valence-corrected chi connectivity index (χ3v) is 5.78. The Hall–Kier alpha value is -2.21. The molecule has 5 nitrogen and oxygen atoms in total. The molecule has 1 aliphatic heterocycles. The van der Waals surface area contributed by atoms with Crippen molar-refractivity contribution in [2.24, 2.45) is 11.8 Å². The van der Waals surface area contributed by atoms with E-state index in [9.17, 15) is 14.0 Å². The number of imide groups is 1. The molecule has 2 atom stereocenters. The van der Waals surface area contributed by atoms with E-state index in [1.165, 1.54) is 18.9 Å². The van der Waals surface area contributed by atoms with E-state index in [0.717, 1.165) is 37.8 Å². The fourth-order valence-corrected chi connectivity index (χ4v) is 3.68. The molecule has 1 saturated heterocycles. The zero-order valence-electron chi connectivity index (χ0n) is 17.8.